The Morgan fingerprint density at radius 2 is 1.40 bits per heavy atom. The number of amides is 2. The maximum atomic E-state index is 12.4. The van der Waals surface area contributed by atoms with Gasteiger partial charge in [0.05, 0.1) is 11.1 Å². The van der Waals surface area contributed by atoms with Crippen molar-refractivity contribution in [1.29, 1.82) is 0 Å². The number of imide groups is 1. The highest BCUT2D eigenvalue weighted by Gasteiger charge is 2.35. The Balaban J connectivity index is 1.32. The Kier molecular flexibility index (Phi) is 4.15. The molecular weight excluding hydrogens is 318 g/mol. The van der Waals surface area contributed by atoms with Gasteiger partial charge in [-0.1, -0.05) is 12.1 Å². The van der Waals surface area contributed by atoms with Crippen LogP contribution in [0.1, 0.15) is 20.7 Å². The summed E-state index contributed by atoms with van der Waals surface area (Å²) in [6.45, 7) is 4.52. The number of carbonyl (C=O) groups excluding carboxylic acids is 2. The molecule has 7 heteroatoms. The Bertz CT molecular complexity index is 752. The lowest BCUT2D eigenvalue weighted by molar-refractivity contribution is 0.0635. The average molecular weight is 337 g/mol. The second-order valence-corrected chi connectivity index (χ2v) is 6.19. The molecule has 1 saturated heterocycles. The number of carbonyl (C=O) groups is 2. The minimum Gasteiger partial charge on any atom is -0.338 e. The van der Waals surface area contributed by atoms with Crippen molar-refractivity contribution in [2.24, 2.45) is 0 Å². The van der Waals surface area contributed by atoms with Crippen LogP contribution in [0.4, 0.5) is 5.95 Å². The molecule has 0 atom stereocenters. The third-order valence-electron chi connectivity index (χ3n) is 4.73. The third kappa shape index (κ3) is 2.98. The van der Waals surface area contributed by atoms with Crippen molar-refractivity contribution in [3.8, 4) is 0 Å². The van der Waals surface area contributed by atoms with Crippen LogP contribution >= 0.6 is 0 Å². The molecule has 25 heavy (non-hydrogen) atoms. The van der Waals surface area contributed by atoms with Crippen molar-refractivity contribution >= 4 is 17.8 Å². The first kappa shape index (κ1) is 15.7. The van der Waals surface area contributed by atoms with Gasteiger partial charge in [-0.15, -0.1) is 0 Å². The van der Waals surface area contributed by atoms with Crippen LogP contribution in [0, 0.1) is 0 Å². The molecule has 0 unspecified atom stereocenters. The van der Waals surface area contributed by atoms with Crippen molar-refractivity contribution in [3.63, 3.8) is 0 Å². The number of nitrogens with zero attached hydrogens (tertiary/aromatic N) is 5. The van der Waals surface area contributed by atoms with Gasteiger partial charge in [-0.3, -0.25) is 19.4 Å². The predicted molar refractivity (Wildman–Crippen MR) is 92.5 cm³/mol. The van der Waals surface area contributed by atoms with Gasteiger partial charge in [0.25, 0.3) is 11.8 Å². The molecule has 2 amide bonds. The van der Waals surface area contributed by atoms with E-state index in [0.29, 0.717) is 24.2 Å². The molecule has 1 aromatic carbocycles. The molecule has 4 rings (SSSR count). The van der Waals surface area contributed by atoms with E-state index in [4.69, 9.17) is 0 Å². The number of rotatable bonds is 4. The molecule has 2 aliphatic rings. The molecule has 1 fully saturated rings. The minimum atomic E-state index is -0.183. The van der Waals surface area contributed by atoms with Crippen LogP contribution in [-0.2, 0) is 0 Å². The second-order valence-electron chi connectivity index (χ2n) is 6.19. The Morgan fingerprint density at radius 3 is 2.00 bits per heavy atom. The van der Waals surface area contributed by atoms with Crippen molar-refractivity contribution in [1.82, 2.24) is 19.8 Å². The van der Waals surface area contributed by atoms with Crippen molar-refractivity contribution < 1.29 is 9.59 Å². The first-order valence-corrected chi connectivity index (χ1v) is 8.43. The van der Waals surface area contributed by atoms with Gasteiger partial charge in [0.2, 0.25) is 5.95 Å². The lowest BCUT2D eigenvalue weighted by Crippen LogP contribution is -2.49. The molecule has 0 radical (unpaired) electrons. The van der Waals surface area contributed by atoms with Gasteiger partial charge in [0.1, 0.15) is 0 Å². The Labute approximate surface area is 145 Å². The molecule has 2 aromatic rings. The summed E-state index contributed by atoms with van der Waals surface area (Å²) in [6.07, 6.45) is 3.49. The molecule has 0 spiro atoms. The van der Waals surface area contributed by atoms with E-state index in [9.17, 15) is 9.59 Å². The van der Waals surface area contributed by atoms with Crippen LogP contribution < -0.4 is 4.90 Å². The quantitative estimate of drug-likeness (QED) is 0.772. The fraction of sp³-hybridized carbons (Fsp3) is 0.333. The molecule has 0 bridgehead atoms. The average Bonchev–Trinajstić information content (AvgIpc) is 2.92. The standard InChI is InChI=1S/C18H19N5O2/c24-16-14-4-1-2-5-15(14)17(25)23(16)13-10-21-8-11-22(12-9-21)18-19-6-3-7-20-18/h1-7H,8-13H2. The first-order chi connectivity index (χ1) is 12.2. The monoisotopic (exact) mass is 337 g/mol. The number of benzene rings is 1. The highest BCUT2D eigenvalue weighted by molar-refractivity contribution is 6.21. The van der Waals surface area contributed by atoms with E-state index in [0.717, 1.165) is 32.1 Å². The summed E-state index contributed by atoms with van der Waals surface area (Å²) in [5.41, 5.74) is 1.03. The largest absolute Gasteiger partial charge is 0.338 e. The molecular formula is C18H19N5O2. The zero-order valence-corrected chi connectivity index (χ0v) is 13.8. The Morgan fingerprint density at radius 1 is 0.800 bits per heavy atom. The Hall–Kier alpha value is -2.80. The van der Waals surface area contributed by atoms with Crippen molar-refractivity contribution in [2.75, 3.05) is 44.2 Å². The van der Waals surface area contributed by atoms with Crippen molar-refractivity contribution in [3.05, 3.63) is 53.9 Å². The van der Waals surface area contributed by atoms with Gasteiger partial charge in [-0.05, 0) is 18.2 Å². The summed E-state index contributed by atoms with van der Waals surface area (Å²) in [5.74, 6) is 0.386. The summed E-state index contributed by atoms with van der Waals surface area (Å²) in [5, 5.41) is 0. The van der Waals surface area contributed by atoms with Gasteiger partial charge >= 0.3 is 0 Å². The molecule has 7 nitrogen and oxygen atoms in total. The molecule has 0 saturated carbocycles. The van der Waals surface area contributed by atoms with Crippen LogP contribution in [0.25, 0.3) is 0 Å². The van der Waals surface area contributed by atoms with Gasteiger partial charge < -0.3 is 4.90 Å². The highest BCUT2D eigenvalue weighted by Crippen LogP contribution is 2.22. The van der Waals surface area contributed by atoms with Gasteiger partial charge in [-0.2, -0.15) is 0 Å². The lowest BCUT2D eigenvalue weighted by Gasteiger charge is -2.35. The summed E-state index contributed by atoms with van der Waals surface area (Å²) in [7, 11) is 0. The van der Waals surface area contributed by atoms with Crippen LogP contribution in [0.5, 0.6) is 0 Å². The fourth-order valence-corrected chi connectivity index (χ4v) is 3.31. The number of aromatic nitrogens is 2. The van der Waals surface area contributed by atoms with Gasteiger partial charge in [0.15, 0.2) is 0 Å². The van der Waals surface area contributed by atoms with Gasteiger partial charge in [-0.25, -0.2) is 9.97 Å². The second kappa shape index (κ2) is 6.60. The number of fused-ring (bicyclic) bond motifs is 1. The van der Waals surface area contributed by atoms with E-state index < -0.39 is 0 Å². The normalized spacial score (nSPS) is 17.9. The third-order valence-corrected chi connectivity index (χ3v) is 4.73. The summed E-state index contributed by atoms with van der Waals surface area (Å²) in [6, 6.07) is 8.82. The molecule has 0 N–H and O–H groups in total. The van der Waals surface area contributed by atoms with E-state index in [2.05, 4.69) is 19.8 Å². The van der Waals surface area contributed by atoms with Crippen LogP contribution in [0.3, 0.4) is 0 Å². The number of anilines is 1. The summed E-state index contributed by atoms with van der Waals surface area (Å²) >= 11 is 0. The maximum Gasteiger partial charge on any atom is 0.261 e. The van der Waals surface area contributed by atoms with Crippen LogP contribution in [0.2, 0.25) is 0 Å². The number of hydrogen-bond acceptors (Lipinski definition) is 6. The molecule has 2 aliphatic heterocycles. The first-order valence-electron chi connectivity index (χ1n) is 8.43. The van der Waals surface area contributed by atoms with E-state index in [1.807, 2.05) is 6.07 Å². The summed E-state index contributed by atoms with van der Waals surface area (Å²) < 4.78 is 0. The predicted octanol–water partition coefficient (Wildman–Crippen LogP) is 0.895. The molecule has 1 aromatic heterocycles. The SMILES string of the molecule is O=C1c2ccccc2C(=O)N1CCN1CCN(c2ncccn2)CC1. The lowest BCUT2D eigenvalue weighted by atomic mass is 10.1. The van der Waals surface area contributed by atoms with Crippen LogP contribution in [0.15, 0.2) is 42.7 Å². The summed E-state index contributed by atoms with van der Waals surface area (Å²) in [4.78, 5) is 39.1. The maximum absolute atomic E-state index is 12.4. The zero-order chi connectivity index (χ0) is 17.2. The van der Waals surface area contributed by atoms with E-state index in [-0.39, 0.29) is 11.8 Å². The topological polar surface area (TPSA) is 69.6 Å². The number of hydrogen-bond donors (Lipinski definition) is 0. The highest BCUT2D eigenvalue weighted by atomic mass is 16.2. The fourth-order valence-electron chi connectivity index (χ4n) is 3.31. The molecule has 3 heterocycles. The van der Waals surface area contributed by atoms with Crippen LogP contribution in [-0.4, -0.2) is 70.9 Å². The zero-order valence-electron chi connectivity index (χ0n) is 13.8. The minimum absolute atomic E-state index is 0.183. The molecule has 128 valence electrons. The number of piperazine rings is 1. The van der Waals surface area contributed by atoms with E-state index in [1.54, 1.807) is 36.7 Å². The van der Waals surface area contributed by atoms with E-state index >= 15 is 0 Å². The molecule has 0 aliphatic carbocycles. The van der Waals surface area contributed by atoms with Gasteiger partial charge in [0, 0.05) is 51.7 Å². The smallest absolute Gasteiger partial charge is 0.261 e. The van der Waals surface area contributed by atoms with Crippen molar-refractivity contribution in [2.45, 2.75) is 0 Å². The van der Waals surface area contributed by atoms with E-state index in [1.165, 1.54) is 4.90 Å².